The molecule has 1 aromatic rings. The molecular formula is C13H18ClNO3. The molecule has 0 aliphatic heterocycles. The number of nitrogens with one attached hydrogen (secondary N) is 1. The fraction of sp³-hybridized carbons (Fsp3) is 0.462. The van der Waals surface area contributed by atoms with E-state index in [0.29, 0.717) is 6.54 Å². The smallest absolute Gasteiger partial charge is 0.225 e. The van der Waals surface area contributed by atoms with Gasteiger partial charge in [-0.2, -0.15) is 0 Å². The minimum Gasteiger partial charge on any atom is -0.364 e. The second-order valence-electron chi connectivity index (χ2n) is 5.16. The van der Waals surface area contributed by atoms with Gasteiger partial charge in [-0.1, -0.05) is 38.4 Å². The Kier molecular flexibility index (Phi) is 4.73. The molecule has 0 saturated heterocycles. The summed E-state index contributed by atoms with van der Waals surface area (Å²) in [5.74, 6) is -0.0662. The van der Waals surface area contributed by atoms with E-state index in [-0.39, 0.29) is 16.5 Å². The third kappa shape index (κ3) is 3.98. The first-order valence-electron chi connectivity index (χ1n) is 5.64. The summed E-state index contributed by atoms with van der Waals surface area (Å²) in [6, 6.07) is 4.88. The minimum atomic E-state index is -1.62. The number of carbonyl (C=O) groups is 1. The van der Waals surface area contributed by atoms with Crippen molar-refractivity contribution in [3.63, 3.8) is 0 Å². The van der Waals surface area contributed by atoms with Gasteiger partial charge in [0.15, 0.2) is 6.29 Å². The lowest BCUT2D eigenvalue weighted by Gasteiger charge is -2.18. The molecule has 0 heterocycles. The van der Waals surface area contributed by atoms with Gasteiger partial charge in [-0.05, 0) is 17.7 Å². The Morgan fingerprint density at radius 2 is 2.00 bits per heavy atom. The van der Waals surface area contributed by atoms with Gasteiger partial charge in [-0.15, -0.1) is 0 Å². The normalized spacial score (nSPS) is 11.7. The van der Waals surface area contributed by atoms with E-state index in [4.69, 9.17) is 21.8 Å². The standard InChI is InChI=1S/C13H18ClNO3/c1-13(2,3)12(18)15-7-8-4-5-10(14)9(6-8)11(16)17/h4-6,11,16-17H,7H2,1-3H3,(H,15,18). The van der Waals surface area contributed by atoms with Crippen LogP contribution in [-0.4, -0.2) is 16.1 Å². The van der Waals surface area contributed by atoms with Gasteiger partial charge in [0, 0.05) is 22.5 Å². The molecular weight excluding hydrogens is 254 g/mol. The van der Waals surface area contributed by atoms with Crippen molar-refractivity contribution in [1.29, 1.82) is 0 Å². The van der Waals surface area contributed by atoms with E-state index in [1.165, 1.54) is 0 Å². The lowest BCUT2D eigenvalue weighted by Crippen LogP contribution is -2.34. The maximum Gasteiger partial charge on any atom is 0.225 e. The van der Waals surface area contributed by atoms with Gasteiger partial charge in [0.2, 0.25) is 5.91 Å². The second kappa shape index (κ2) is 5.69. The van der Waals surface area contributed by atoms with E-state index in [1.807, 2.05) is 20.8 Å². The number of carbonyl (C=O) groups excluding carboxylic acids is 1. The van der Waals surface area contributed by atoms with E-state index in [0.717, 1.165) is 5.56 Å². The Morgan fingerprint density at radius 1 is 1.39 bits per heavy atom. The molecule has 1 aromatic carbocycles. The van der Waals surface area contributed by atoms with Gasteiger partial charge in [0.1, 0.15) is 0 Å². The Hall–Kier alpha value is -1.10. The number of aliphatic hydroxyl groups excluding tert-OH is 1. The van der Waals surface area contributed by atoms with Gasteiger partial charge in [-0.3, -0.25) is 4.79 Å². The Morgan fingerprint density at radius 3 is 2.50 bits per heavy atom. The van der Waals surface area contributed by atoms with Crippen LogP contribution in [0, 0.1) is 5.41 Å². The average molecular weight is 272 g/mol. The molecule has 4 nitrogen and oxygen atoms in total. The summed E-state index contributed by atoms with van der Waals surface area (Å²) in [7, 11) is 0. The van der Waals surface area contributed by atoms with E-state index in [9.17, 15) is 4.79 Å². The molecule has 0 radical (unpaired) electrons. The minimum absolute atomic E-state index is 0.0662. The van der Waals surface area contributed by atoms with E-state index in [1.54, 1.807) is 18.2 Å². The van der Waals surface area contributed by atoms with Crippen LogP contribution in [0.5, 0.6) is 0 Å². The van der Waals surface area contributed by atoms with Crippen molar-refractivity contribution in [2.75, 3.05) is 0 Å². The summed E-state index contributed by atoms with van der Waals surface area (Å²) in [6.45, 7) is 5.81. The van der Waals surface area contributed by atoms with Crippen LogP contribution in [-0.2, 0) is 11.3 Å². The fourth-order valence-corrected chi connectivity index (χ4v) is 1.56. The van der Waals surface area contributed by atoms with Crippen LogP contribution >= 0.6 is 11.6 Å². The fourth-order valence-electron chi connectivity index (χ4n) is 1.35. The maximum absolute atomic E-state index is 11.7. The molecule has 0 aliphatic carbocycles. The highest BCUT2D eigenvalue weighted by atomic mass is 35.5. The van der Waals surface area contributed by atoms with Gasteiger partial charge in [0.05, 0.1) is 0 Å². The molecule has 1 amide bonds. The zero-order valence-electron chi connectivity index (χ0n) is 10.7. The number of halogens is 1. The molecule has 1 rings (SSSR count). The van der Waals surface area contributed by atoms with Crippen LogP contribution in [0.3, 0.4) is 0 Å². The molecule has 0 spiro atoms. The molecule has 0 atom stereocenters. The van der Waals surface area contributed by atoms with Crippen LogP contribution < -0.4 is 5.32 Å². The van der Waals surface area contributed by atoms with Crippen LogP contribution in [0.15, 0.2) is 18.2 Å². The summed E-state index contributed by atoms with van der Waals surface area (Å²) in [5, 5.41) is 21.3. The van der Waals surface area contributed by atoms with Crippen molar-refractivity contribution in [1.82, 2.24) is 5.32 Å². The Bertz CT molecular complexity index is 438. The van der Waals surface area contributed by atoms with Crippen molar-refractivity contribution in [2.24, 2.45) is 5.41 Å². The number of hydrogen-bond donors (Lipinski definition) is 3. The van der Waals surface area contributed by atoms with Crippen molar-refractivity contribution >= 4 is 17.5 Å². The highest BCUT2D eigenvalue weighted by molar-refractivity contribution is 6.31. The highest BCUT2D eigenvalue weighted by Crippen LogP contribution is 2.23. The van der Waals surface area contributed by atoms with E-state index >= 15 is 0 Å². The predicted molar refractivity (Wildman–Crippen MR) is 69.9 cm³/mol. The van der Waals surface area contributed by atoms with Gasteiger partial charge in [-0.25, -0.2) is 0 Å². The lowest BCUT2D eigenvalue weighted by atomic mass is 9.95. The number of rotatable bonds is 3. The molecule has 18 heavy (non-hydrogen) atoms. The molecule has 0 saturated carbocycles. The van der Waals surface area contributed by atoms with Crippen molar-refractivity contribution in [2.45, 2.75) is 33.6 Å². The second-order valence-corrected chi connectivity index (χ2v) is 5.57. The molecule has 0 unspecified atom stereocenters. The molecule has 5 heteroatoms. The zero-order valence-corrected chi connectivity index (χ0v) is 11.5. The first-order chi connectivity index (χ1) is 8.21. The molecule has 0 fully saturated rings. The number of amides is 1. The summed E-state index contributed by atoms with van der Waals surface area (Å²) in [6.07, 6.45) is -1.62. The van der Waals surface area contributed by atoms with Crippen molar-refractivity contribution in [3.8, 4) is 0 Å². The largest absolute Gasteiger partial charge is 0.364 e. The number of hydrogen-bond acceptors (Lipinski definition) is 3. The Labute approximate surface area is 112 Å². The van der Waals surface area contributed by atoms with Crippen molar-refractivity contribution < 1.29 is 15.0 Å². The van der Waals surface area contributed by atoms with Crippen LogP contribution in [0.25, 0.3) is 0 Å². The van der Waals surface area contributed by atoms with Crippen molar-refractivity contribution in [3.05, 3.63) is 34.3 Å². The zero-order chi connectivity index (χ0) is 13.9. The van der Waals surface area contributed by atoms with Crippen LogP contribution in [0.4, 0.5) is 0 Å². The van der Waals surface area contributed by atoms with E-state index in [2.05, 4.69) is 5.32 Å². The Balaban J connectivity index is 2.75. The highest BCUT2D eigenvalue weighted by Gasteiger charge is 2.20. The third-order valence-electron chi connectivity index (χ3n) is 2.47. The molecule has 100 valence electrons. The van der Waals surface area contributed by atoms with Crippen LogP contribution in [0.1, 0.15) is 38.2 Å². The summed E-state index contributed by atoms with van der Waals surface area (Å²) >= 11 is 5.82. The van der Waals surface area contributed by atoms with Gasteiger partial charge >= 0.3 is 0 Å². The predicted octanol–water partition coefficient (Wildman–Crippen LogP) is 1.99. The first-order valence-corrected chi connectivity index (χ1v) is 6.02. The third-order valence-corrected chi connectivity index (χ3v) is 2.82. The molecule has 3 N–H and O–H groups in total. The SMILES string of the molecule is CC(C)(C)C(=O)NCc1ccc(Cl)c(C(O)O)c1. The molecule has 0 aliphatic rings. The molecule has 0 bridgehead atoms. The van der Waals surface area contributed by atoms with Crippen LogP contribution in [0.2, 0.25) is 5.02 Å². The molecule has 0 aromatic heterocycles. The quantitative estimate of drug-likeness (QED) is 0.737. The summed E-state index contributed by atoms with van der Waals surface area (Å²) in [5.41, 5.74) is 0.547. The summed E-state index contributed by atoms with van der Waals surface area (Å²) < 4.78 is 0. The topological polar surface area (TPSA) is 69.6 Å². The lowest BCUT2D eigenvalue weighted by molar-refractivity contribution is -0.128. The van der Waals surface area contributed by atoms with Gasteiger partial charge < -0.3 is 15.5 Å². The summed E-state index contributed by atoms with van der Waals surface area (Å²) in [4.78, 5) is 11.7. The van der Waals surface area contributed by atoms with Gasteiger partial charge in [0.25, 0.3) is 0 Å². The number of aliphatic hydroxyl groups is 2. The monoisotopic (exact) mass is 271 g/mol. The first kappa shape index (κ1) is 15.0. The maximum atomic E-state index is 11.7. The van der Waals surface area contributed by atoms with E-state index < -0.39 is 11.7 Å². The number of benzene rings is 1. The average Bonchev–Trinajstić information content (AvgIpc) is 2.25.